The number of para-hydroxylation sites is 1. The SMILES string of the molecule is Cc1ccc(C)c(COc2ccccc2CN)c1. The van der Waals surface area contributed by atoms with Crippen LogP contribution in [0.3, 0.4) is 0 Å². The molecule has 0 radical (unpaired) electrons. The molecular weight excluding hydrogens is 222 g/mol. The van der Waals surface area contributed by atoms with Crippen molar-refractivity contribution in [3.05, 3.63) is 64.7 Å². The highest BCUT2D eigenvalue weighted by molar-refractivity contribution is 5.34. The fourth-order valence-corrected chi connectivity index (χ4v) is 1.92. The first-order valence-corrected chi connectivity index (χ1v) is 6.17. The van der Waals surface area contributed by atoms with Crippen LogP contribution in [0.1, 0.15) is 22.3 Å². The lowest BCUT2D eigenvalue weighted by Gasteiger charge is -2.12. The molecule has 94 valence electrons. The van der Waals surface area contributed by atoms with Crippen molar-refractivity contribution in [3.63, 3.8) is 0 Å². The predicted molar refractivity (Wildman–Crippen MR) is 74.6 cm³/mol. The second-order valence-corrected chi connectivity index (χ2v) is 4.53. The van der Waals surface area contributed by atoms with Crippen molar-refractivity contribution in [2.45, 2.75) is 27.0 Å². The Labute approximate surface area is 108 Å². The van der Waals surface area contributed by atoms with Crippen LogP contribution >= 0.6 is 0 Å². The van der Waals surface area contributed by atoms with Gasteiger partial charge in [0.2, 0.25) is 0 Å². The van der Waals surface area contributed by atoms with Crippen molar-refractivity contribution < 1.29 is 4.74 Å². The van der Waals surface area contributed by atoms with E-state index < -0.39 is 0 Å². The molecule has 0 aromatic heterocycles. The van der Waals surface area contributed by atoms with Gasteiger partial charge in [0, 0.05) is 12.1 Å². The molecule has 0 spiro atoms. The van der Waals surface area contributed by atoms with Gasteiger partial charge in [-0.15, -0.1) is 0 Å². The molecule has 0 atom stereocenters. The van der Waals surface area contributed by atoms with Gasteiger partial charge in [0.1, 0.15) is 12.4 Å². The molecule has 0 aliphatic rings. The Hall–Kier alpha value is -1.80. The minimum absolute atomic E-state index is 0.503. The van der Waals surface area contributed by atoms with E-state index in [1.54, 1.807) is 0 Å². The van der Waals surface area contributed by atoms with Gasteiger partial charge < -0.3 is 10.5 Å². The van der Waals surface area contributed by atoms with Crippen molar-refractivity contribution >= 4 is 0 Å². The summed E-state index contributed by atoms with van der Waals surface area (Å²) in [4.78, 5) is 0. The summed E-state index contributed by atoms with van der Waals surface area (Å²) in [6, 6.07) is 14.3. The van der Waals surface area contributed by atoms with E-state index in [1.165, 1.54) is 16.7 Å². The molecule has 0 saturated carbocycles. The zero-order valence-electron chi connectivity index (χ0n) is 10.9. The van der Waals surface area contributed by atoms with Crippen LogP contribution < -0.4 is 10.5 Å². The highest BCUT2D eigenvalue weighted by atomic mass is 16.5. The Morgan fingerprint density at radius 3 is 2.56 bits per heavy atom. The highest BCUT2D eigenvalue weighted by Gasteiger charge is 2.03. The molecule has 0 saturated heterocycles. The first-order valence-electron chi connectivity index (χ1n) is 6.17. The van der Waals surface area contributed by atoms with E-state index in [9.17, 15) is 0 Å². The molecule has 18 heavy (non-hydrogen) atoms. The molecule has 0 heterocycles. The zero-order chi connectivity index (χ0) is 13.0. The molecule has 2 aromatic carbocycles. The second-order valence-electron chi connectivity index (χ2n) is 4.53. The minimum Gasteiger partial charge on any atom is -0.489 e. The third-order valence-corrected chi connectivity index (χ3v) is 3.08. The van der Waals surface area contributed by atoms with Gasteiger partial charge in [-0.1, -0.05) is 42.0 Å². The van der Waals surface area contributed by atoms with Crippen LogP contribution in [0.4, 0.5) is 0 Å². The molecule has 2 heteroatoms. The quantitative estimate of drug-likeness (QED) is 0.891. The summed E-state index contributed by atoms with van der Waals surface area (Å²) in [7, 11) is 0. The van der Waals surface area contributed by atoms with Crippen molar-refractivity contribution in [2.75, 3.05) is 0 Å². The Morgan fingerprint density at radius 1 is 1.00 bits per heavy atom. The topological polar surface area (TPSA) is 35.2 Å². The van der Waals surface area contributed by atoms with E-state index >= 15 is 0 Å². The molecular formula is C16H19NO. The Bertz CT molecular complexity index is 534. The van der Waals surface area contributed by atoms with Crippen molar-refractivity contribution in [1.29, 1.82) is 0 Å². The maximum Gasteiger partial charge on any atom is 0.124 e. The number of ether oxygens (including phenoxy) is 1. The lowest BCUT2D eigenvalue weighted by atomic mass is 10.1. The van der Waals surface area contributed by atoms with E-state index in [-0.39, 0.29) is 0 Å². The zero-order valence-corrected chi connectivity index (χ0v) is 10.9. The second kappa shape index (κ2) is 5.69. The summed E-state index contributed by atoms with van der Waals surface area (Å²) in [5, 5.41) is 0. The fraction of sp³-hybridized carbons (Fsp3) is 0.250. The van der Waals surface area contributed by atoms with Crippen LogP contribution in [-0.2, 0) is 13.2 Å². The molecule has 0 unspecified atom stereocenters. The third-order valence-electron chi connectivity index (χ3n) is 3.08. The molecule has 2 N–H and O–H groups in total. The summed E-state index contributed by atoms with van der Waals surface area (Å²) in [5.74, 6) is 0.876. The van der Waals surface area contributed by atoms with Gasteiger partial charge in [-0.25, -0.2) is 0 Å². The van der Waals surface area contributed by atoms with Crippen LogP contribution in [-0.4, -0.2) is 0 Å². The summed E-state index contributed by atoms with van der Waals surface area (Å²) in [5.41, 5.74) is 10.5. The fourth-order valence-electron chi connectivity index (χ4n) is 1.92. The average molecular weight is 241 g/mol. The molecule has 0 aliphatic heterocycles. The maximum atomic E-state index is 5.87. The van der Waals surface area contributed by atoms with Crippen LogP contribution in [0.15, 0.2) is 42.5 Å². The highest BCUT2D eigenvalue weighted by Crippen LogP contribution is 2.20. The Balaban J connectivity index is 2.14. The molecule has 2 aromatic rings. The van der Waals surface area contributed by atoms with Crippen LogP contribution in [0.5, 0.6) is 5.75 Å². The van der Waals surface area contributed by atoms with Gasteiger partial charge in [-0.2, -0.15) is 0 Å². The van der Waals surface area contributed by atoms with E-state index in [0.717, 1.165) is 11.3 Å². The summed E-state index contributed by atoms with van der Waals surface area (Å²) in [6.07, 6.45) is 0. The van der Waals surface area contributed by atoms with E-state index in [2.05, 4.69) is 32.0 Å². The lowest BCUT2D eigenvalue weighted by Crippen LogP contribution is -2.03. The van der Waals surface area contributed by atoms with Gasteiger partial charge in [0.15, 0.2) is 0 Å². The van der Waals surface area contributed by atoms with Crippen molar-refractivity contribution in [3.8, 4) is 5.75 Å². The van der Waals surface area contributed by atoms with Gasteiger partial charge in [-0.05, 0) is 31.0 Å². The molecule has 2 rings (SSSR count). The Kier molecular flexibility index (Phi) is 4.00. The predicted octanol–water partition coefficient (Wildman–Crippen LogP) is 3.34. The maximum absolute atomic E-state index is 5.87. The lowest BCUT2D eigenvalue weighted by molar-refractivity contribution is 0.302. The van der Waals surface area contributed by atoms with Crippen molar-refractivity contribution in [1.82, 2.24) is 0 Å². The van der Waals surface area contributed by atoms with Gasteiger partial charge in [-0.3, -0.25) is 0 Å². The smallest absolute Gasteiger partial charge is 0.124 e. The molecule has 2 nitrogen and oxygen atoms in total. The average Bonchev–Trinajstić information content (AvgIpc) is 2.40. The van der Waals surface area contributed by atoms with Gasteiger partial charge >= 0.3 is 0 Å². The Morgan fingerprint density at radius 2 is 1.78 bits per heavy atom. The molecule has 0 amide bonds. The van der Waals surface area contributed by atoms with Crippen LogP contribution in [0.25, 0.3) is 0 Å². The first kappa shape index (κ1) is 12.7. The summed E-state index contributed by atoms with van der Waals surface area (Å²) in [6.45, 7) is 5.29. The monoisotopic (exact) mass is 241 g/mol. The number of nitrogens with two attached hydrogens (primary N) is 1. The van der Waals surface area contributed by atoms with Crippen LogP contribution in [0.2, 0.25) is 0 Å². The molecule has 0 fully saturated rings. The van der Waals surface area contributed by atoms with Gasteiger partial charge in [0.25, 0.3) is 0 Å². The number of hydrogen-bond donors (Lipinski definition) is 1. The van der Waals surface area contributed by atoms with E-state index in [1.807, 2.05) is 24.3 Å². The summed E-state index contributed by atoms with van der Waals surface area (Å²) < 4.78 is 5.87. The number of hydrogen-bond acceptors (Lipinski definition) is 2. The molecule has 0 aliphatic carbocycles. The number of benzene rings is 2. The van der Waals surface area contributed by atoms with E-state index in [4.69, 9.17) is 10.5 Å². The number of rotatable bonds is 4. The number of aryl methyl sites for hydroxylation is 2. The van der Waals surface area contributed by atoms with E-state index in [0.29, 0.717) is 13.2 Å². The third kappa shape index (κ3) is 2.90. The largest absolute Gasteiger partial charge is 0.489 e. The van der Waals surface area contributed by atoms with Crippen molar-refractivity contribution in [2.24, 2.45) is 5.73 Å². The molecule has 0 bridgehead atoms. The first-order chi connectivity index (χ1) is 8.70. The minimum atomic E-state index is 0.503. The summed E-state index contributed by atoms with van der Waals surface area (Å²) >= 11 is 0. The van der Waals surface area contributed by atoms with Gasteiger partial charge in [0.05, 0.1) is 0 Å². The normalized spacial score (nSPS) is 10.4. The van der Waals surface area contributed by atoms with Crippen LogP contribution in [0, 0.1) is 13.8 Å². The standard InChI is InChI=1S/C16H19NO/c1-12-7-8-13(2)15(9-12)11-18-16-6-4-3-5-14(16)10-17/h3-9H,10-11,17H2,1-2H3.